The summed E-state index contributed by atoms with van der Waals surface area (Å²) in [5.74, 6) is 2.03. The van der Waals surface area contributed by atoms with E-state index < -0.39 is 0 Å². The van der Waals surface area contributed by atoms with Crippen molar-refractivity contribution in [2.24, 2.45) is 0 Å². The van der Waals surface area contributed by atoms with Gasteiger partial charge in [0, 0.05) is 55.9 Å². The molecule has 37 heavy (non-hydrogen) atoms. The van der Waals surface area contributed by atoms with E-state index in [2.05, 4.69) is 27.8 Å². The number of piperazine rings is 1. The van der Waals surface area contributed by atoms with E-state index in [1.165, 1.54) is 6.20 Å². The van der Waals surface area contributed by atoms with E-state index in [0.29, 0.717) is 49.1 Å². The molecule has 11 heteroatoms. The van der Waals surface area contributed by atoms with Crippen molar-refractivity contribution in [2.45, 2.75) is 39.3 Å². The molecule has 0 aliphatic carbocycles. The van der Waals surface area contributed by atoms with Gasteiger partial charge in [-0.3, -0.25) is 19.9 Å². The van der Waals surface area contributed by atoms with Gasteiger partial charge in [0.15, 0.2) is 0 Å². The van der Waals surface area contributed by atoms with Crippen molar-refractivity contribution in [1.29, 1.82) is 5.26 Å². The second-order valence-corrected chi connectivity index (χ2v) is 10.6. The second kappa shape index (κ2) is 11.8. The van der Waals surface area contributed by atoms with Gasteiger partial charge in [0.1, 0.15) is 17.7 Å². The molecule has 0 radical (unpaired) electrons. The van der Waals surface area contributed by atoms with Crippen molar-refractivity contribution in [2.75, 3.05) is 60.8 Å². The second-order valence-electron chi connectivity index (χ2n) is 9.68. The van der Waals surface area contributed by atoms with Gasteiger partial charge in [-0.2, -0.15) is 17.0 Å². The summed E-state index contributed by atoms with van der Waals surface area (Å²) in [6.45, 7) is 7.04. The number of nitriles is 1. The molecule has 1 atom stereocenters. The van der Waals surface area contributed by atoms with Gasteiger partial charge in [0.2, 0.25) is 5.91 Å². The number of pyridine rings is 2. The fourth-order valence-corrected chi connectivity index (χ4v) is 5.24. The summed E-state index contributed by atoms with van der Waals surface area (Å²) >= 11 is 1.72. The van der Waals surface area contributed by atoms with Gasteiger partial charge in [-0.15, -0.1) is 0 Å². The Bertz CT molecular complexity index is 1210. The number of thioether (sulfide) groups is 1. The third-order valence-electron chi connectivity index (χ3n) is 6.65. The summed E-state index contributed by atoms with van der Waals surface area (Å²) in [5, 5.41) is 15.7. The van der Waals surface area contributed by atoms with Crippen molar-refractivity contribution in [3.63, 3.8) is 0 Å². The SMILES string of the molecule is CSCC(C)Nc1cc(NC(=O)N2CCCc3cc(CN4CCN(C)CC4=O)c(C)nc32)ncc1C#N. The highest BCUT2D eigenvalue weighted by Crippen LogP contribution is 2.29. The van der Waals surface area contributed by atoms with Crippen LogP contribution in [-0.2, 0) is 17.8 Å². The first-order chi connectivity index (χ1) is 17.8. The molecule has 0 aromatic carbocycles. The number of likely N-dealkylation sites (N-methyl/N-ethyl adjacent to an activating group) is 1. The lowest BCUT2D eigenvalue weighted by Crippen LogP contribution is -2.48. The third kappa shape index (κ3) is 6.32. The topological polar surface area (TPSA) is 117 Å². The van der Waals surface area contributed by atoms with Crippen LogP contribution in [0.1, 0.15) is 35.7 Å². The minimum atomic E-state index is -0.310. The molecule has 2 N–H and O–H groups in total. The Morgan fingerprint density at radius 3 is 2.84 bits per heavy atom. The molecule has 1 unspecified atom stereocenters. The van der Waals surface area contributed by atoms with Crippen LogP contribution >= 0.6 is 11.8 Å². The van der Waals surface area contributed by atoms with Crippen molar-refractivity contribution >= 4 is 41.0 Å². The van der Waals surface area contributed by atoms with Crippen LogP contribution in [0.25, 0.3) is 0 Å². The van der Waals surface area contributed by atoms with E-state index in [0.717, 1.165) is 42.0 Å². The lowest BCUT2D eigenvalue weighted by atomic mass is 10.0. The number of anilines is 3. The standard InChI is InChI=1S/C26H34N8O2S/c1-17(16-37-4)29-22-11-23(28-13-21(22)12-27)31-26(36)34-7-5-6-19-10-20(18(2)30-25(19)34)14-33-9-8-32(3)15-24(33)35/h10-11,13,17H,5-9,14-16H2,1-4H3,(H2,28,29,31,36). The Morgan fingerprint density at radius 2 is 2.11 bits per heavy atom. The molecular formula is C26H34N8O2S. The Labute approximate surface area is 222 Å². The Balaban J connectivity index is 1.50. The number of nitrogens with one attached hydrogen (secondary N) is 2. The minimum absolute atomic E-state index is 0.124. The number of aromatic nitrogens is 2. The van der Waals surface area contributed by atoms with E-state index in [9.17, 15) is 14.9 Å². The predicted octanol–water partition coefficient (Wildman–Crippen LogP) is 3.08. The lowest BCUT2D eigenvalue weighted by Gasteiger charge is -2.33. The molecule has 1 saturated heterocycles. The number of urea groups is 1. The molecule has 196 valence electrons. The Morgan fingerprint density at radius 1 is 1.30 bits per heavy atom. The van der Waals surface area contributed by atoms with Crippen LogP contribution in [0.5, 0.6) is 0 Å². The van der Waals surface area contributed by atoms with E-state index in [1.54, 1.807) is 22.7 Å². The molecule has 2 aromatic heterocycles. The molecule has 4 rings (SSSR count). The molecule has 2 aliphatic heterocycles. The zero-order chi connectivity index (χ0) is 26.5. The van der Waals surface area contributed by atoms with E-state index in [1.807, 2.05) is 37.0 Å². The molecular weight excluding hydrogens is 488 g/mol. The number of hydrogen-bond acceptors (Lipinski definition) is 8. The molecule has 1 fully saturated rings. The maximum absolute atomic E-state index is 13.3. The number of nitrogens with zero attached hydrogens (tertiary/aromatic N) is 6. The van der Waals surface area contributed by atoms with Crippen molar-refractivity contribution < 1.29 is 9.59 Å². The molecule has 3 amide bonds. The van der Waals surface area contributed by atoms with Gasteiger partial charge in [-0.25, -0.2) is 14.8 Å². The zero-order valence-electron chi connectivity index (χ0n) is 21.9. The fourth-order valence-electron chi connectivity index (χ4n) is 4.66. The van der Waals surface area contributed by atoms with Gasteiger partial charge in [0.05, 0.1) is 17.8 Å². The summed E-state index contributed by atoms with van der Waals surface area (Å²) in [7, 11) is 1.96. The van der Waals surface area contributed by atoms with Crippen LogP contribution in [0.15, 0.2) is 18.3 Å². The summed E-state index contributed by atoms with van der Waals surface area (Å²) in [6, 6.07) is 5.80. The largest absolute Gasteiger partial charge is 0.381 e. The Hall–Kier alpha value is -3.36. The molecule has 4 heterocycles. The quantitative estimate of drug-likeness (QED) is 0.570. The van der Waals surface area contributed by atoms with Crippen LogP contribution in [0.3, 0.4) is 0 Å². The van der Waals surface area contributed by atoms with Crippen molar-refractivity contribution in [3.8, 4) is 6.07 Å². The third-order valence-corrected chi connectivity index (χ3v) is 7.48. The van der Waals surface area contributed by atoms with E-state index in [4.69, 9.17) is 4.98 Å². The summed E-state index contributed by atoms with van der Waals surface area (Å²) < 4.78 is 0. The van der Waals surface area contributed by atoms with Gasteiger partial charge in [0.25, 0.3) is 0 Å². The fraction of sp³-hybridized carbons (Fsp3) is 0.500. The summed E-state index contributed by atoms with van der Waals surface area (Å²) in [6.07, 6.45) is 5.15. The van der Waals surface area contributed by atoms with Gasteiger partial charge in [-0.05, 0) is 57.2 Å². The number of carbonyl (C=O) groups excluding carboxylic acids is 2. The van der Waals surface area contributed by atoms with E-state index in [-0.39, 0.29) is 18.0 Å². The van der Waals surface area contributed by atoms with Crippen LogP contribution in [-0.4, -0.2) is 83.0 Å². The number of aryl methyl sites for hydroxylation is 2. The normalized spacial score (nSPS) is 16.7. The first kappa shape index (κ1) is 26.7. The number of amides is 3. The maximum Gasteiger partial charge on any atom is 0.328 e. The van der Waals surface area contributed by atoms with Gasteiger partial charge >= 0.3 is 6.03 Å². The van der Waals surface area contributed by atoms with Crippen molar-refractivity contribution in [3.05, 3.63) is 40.7 Å². The minimum Gasteiger partial charge on any atom is -0.381 e. The van der Waals surface area contributed by atoms with Crippen LogP contribution < -0.4 is 15.5 Å². The number of rotatable bonds is 7. The average Bonchev–Trinajstić information content (AvgIpc) is 2.86. The molecule has 0 spiro atoms. The highest BCUT2D eigenvalue weighted by Gasteiger charge is 2.27. The average molecular weight is 523 g/mol. The number of carbonyl (C=O) groups is 2. The van der Waals surface area contributed by atoms with Gasteiger partial charge in [-0.1, -0.05) is 0 Å². The van der Waals surface area contributed by atoms with Crippen LogP contribution in [0.4, 0.5) is 22.1 Å². The number of hydrogen-bond donors (Lipinski definition) is 2. The van der Waals surface area contributed by atoms with E-state index >= 15 is 0 Å². The highest BCUT2D eigenvalue weighted by atomic mass is 32.2. The molecule has 2 aliphatic rings. The highest BCUT2D eigenvalue weighted by molar-refractivity contribution is 7.98. The molecule has 0 saturated carbocycles. The lowest BCUT2D eigenvalue weighted by molar-refractivity contribution is -0.136. The Kier molecular flexibility index (Phi) is 8.51. The molecule has 10 nitrogen and oxygen atoms in total. The summed E-state index contributed by atoms with van der Waals surface area (Å²) in [5.41, 5.74) is 3.91. The first-order valence-electron chi connectivity index (χ1n) is 12.5. The van der Waals surface area contributed by atoms with Crippen LogP contribution in [0.2, 0.25) is 0 Å². The maximum atomic E-state index is 13.3. The van der Waals surface area contributed by atoms with Crippen molar-refractivity contribution in [1.82, 2.24) is 19.8 Å². The predicted molar refractivity (Wildman–Crippen MR) is 147 cm³/mol. The molecule has 2 aromatic rings. The monoisotopic (exact) mass is 522 g/mol. The van der Waals surface area contributed by atoms with Crippen LogP contribution in [0, 0.1) is 18.3 Å². The number of fused-ring (bicyclic) bond motifs is 1. The zero-order valence-corrected chi connectivity index (χ0v) is 22.7. The molecule has 0 bridgehead atoms. The summed E-state index contributed by atoms with van der Waals surface area (Å²) in [4.78, 5) is 40.4. The van der Waals surface area contributed by atoms with Gasteiger partial charge < -0.3 is 10.2 Å². The first-order valence-corrected chi connectivity index (χ1v) is 13.9. The smallest absolute Gasteiger partial charge is 0.328 e.